The Morgan fingerprint density at radius 3 is 2.62 bits per heavy atom. The maximum Gasteiger partial charge on any atom is 0.119 e. The molecule has 1 rings (SSSR count). The zero-order valence-electron chi connectivity index (χ0n) is 14.1. The van der Waals surface area contributed by atoms with Gasteiger partial charge in [-0.15, -0.1) is 0 Å². The Labute approximate surface area is 129 Å². The van der Waals surface area contributed by atoms with Crippen molar-refractivity contribution in [2.45, 2.75) is 19.9 Å². The summed E-state index contributed by atoms with van der Waals surface area (Å²) in [7, 11) is 5.90. The van der Waals surface area contributed by atoms with Gasteiger partial charge in [0.2, 0.25) is 0 Å². The molecule has 0 fully saturated rings. The van der Waals surface area contributed by atoms with Crippen LogP contribution in [-0.2, 0) is 4.74 Å². The van der Waals surface area contributed by atoms with Crippen LogP contribution in [0.25, 0.3) is 0 Å². The smallest absolute Gasteiger partial charge is 0.119 e. The summed E-state index contributed by atoms with van der Waals surface area (Å²) in [6.45, 7) is 7.69. The van der Waals surface area contributed by atoms with Crippen molar-refractivity contribution in [1.29, 1.82) is 0 Å². The molecule has 21 heavy (non-hydrogen) atoms. The molecule has 0 aliphatic carbocycles. The quantitative estimate of drug-likeness (QED) is 0.673. The Morgan fingerprint density at radius 2 is 2.00 bits per heavy atom. The van der Waals surface area contributed by atoms with E-state index in [-0.39, 0.29) is 0 Å². The summed E-state index contributed by atoms with van der Waals surface area (Å²) in [5.74, 6) is 1.50. The van der Waals surface area contributed by atoms with Gasteiger partial charge in [-0.3, -0.25) is 0 Å². The minimum absolute atomic E-state index is 0.324. The molecule has 0 radical (unpaired) electrons. The maximum atomic E-state index is 5.58. The molecule has 0 heterocycles. The van der Waals surface area contributed by atoms with Crippen LogP contribution < -0.4 is 10.1 Å². The van der Waals surface area contributed by atoms with E-state index < -0.39 is 0 Å². The lowest BCUT2D eigenvalue weighted by molar-refractivity contribution is 0.110. The SMILES string of the molecule is COc1cccc(C(CNCCOCC(C)C)N(C)C)c1. The molecule has 0 aliphatic heterocycles. The largest absolute Gasteiger partial charge is 0.497 e. The fourth-order valence-electron chi connectivity index (χ4n) is 2.15. The number of nitrogens with one attached hydrogen (secondary N) is 1. The number of rotatable bonds is 10. The van der Waals surface area contributed by atoms with Crippen molar-refractivity contribution in [1.82, 2.24) is 10.2 Å². The summed E-state index contributed by atoms with van der Waals surface area (Å²) in [6, 6.07) is 8.58. The van der Waals surface area contributed by atoms with Crippen LogP contribution in [0.2, 0.25) is 0 Å². The molecule has 0 bridgehead atoms. The molecule has 0 amide bonds. The number of benzene rings is 1. The van der Waals surface area contributed by atoms with Crippen LogP contribution in [0.15, 0.2) is 24.3 Å². The number of likely N-dealkylation sites (N-methyl/N-ethyl adjacent to an activating group) is 1. The maximum absolute atomic E-state index is 5.58. The predicted octanol–water partition coefficient (Wildman–Crippen LogP) is 2.56. The Balaban J connectivity index is 2.43. The average Bonchev–Trinajstić information content (AvgIpc) is 2.45. The molecule has 1 atom stereocenters. The molecule has 0 spiro atoms. The average molecular weight is 294 g/mol. The van der Waals surface area contributed by atoms with Gasteiger partial charge in [0.15, 0.2) is 0 Å². The topological polar surface area (TPSA) is 33.7 Å². The minimum Gasteiger partial charge on any atom is -0.497 e. The first-order valence-electron chi connectivity index (χ1n) is 7.63. The fourth-order valence-corrected chi connectivity index (χ4v) is 2.15. The van der Waals surface area contributed by atoms with Gasteiger partial charge in [0.05, 0.1) is 13.7 Å². The van der Waals surface area contributed by atoms with E-state index in [4.69, 9.17) is 9.47 Å². The fraction of sp³-hybridized carbons (Fsp3) is 0.647. The second-order valence-corrected chi connectivity index (χ2v) is 5.93. The molecule has 1 aromatic rings. The van der Waals surface area contributed by atoms with Gasteiger partial charge in [0, 0.05) is 25.7 Å². The number of hydrogen-bond donors (Lipinski definition) is 1. The van der Waals surface area contributed by atoms with E-state index in [2.05, 4.69) is 50.3 Å². The molecule has 1 aromatic carbocycles. The normalized spacial score (nSPS) is 12.9. The van der Waals surface area contributed by atoms with E-state index in [1.807, 2.05) is 12.1 Å². The molecule has 4 nitrogen and oxygen atoms in total. The molecular formula is C17H30N2O2. The van der Waals surface area contributed by atoms with Crippen LogP contribution in [0.1, 0.15) is 25.5 Å². The van der Waals surface area contributed by atoms with Gasteiger partial charge in [-0.1, -0.05) is 26.0 Å². The summed E-state index contributed by atoms with van der Waals surface area (Å²) >= 11 is 0. The first kappa shape index (κ1) is 18.0. The van der Waals surface area contributed by atoms with Crippen LogP contribution in [0, 0.1) is 5.92 Å². The third-order valence-electron chi connectivity index (χ3n) is 3.31. The van der Waals surface area contributed by atoms with Crippen LogP contribution >= 0.6 is 0 Å². The van der Waals surface area contributed by atoms with Gasteiger partial charge in [-0.2, -0.15) is 0 Å². The molecular weight excluding hydrogens is 264 g/mol. The highest BCUT2D eigenvalue weighted by molar-refractivity contribution is 5.30. The van der Waals surface area contributed by atoms with Crippen molar-refractivity contribution in [3.8, 4) is 5.75 Å². The second-order valence-electron chi connectivity index (χ2n) is 5.93. The summed E-state index contributed by atoms with van der Waals surface area (Å²) in [5.41, 5.74) is 1.26. The van der Waals surface area contributed by atoms with Crippen LogP contribution in [0.4, 0.5) is 0 Å². The lowest BCUT2D eigenvalue weighted by Gasteiger charge is -2.25. The van der Waals surface area contributed by atoms with E-state index >= 15 is 0 Å². The number of ether oxygens (including phenoxy) is 2. The van der Waals surface area contributed by atoms with Gasteiger partial charge in [-0.25, -0.2) is 0 Å². The van der Waals surface area contributed by atoms with Crippen LogP contribution in [0.5, 0.6) is 5.75 Å². The monoisotopic (exact) mass is 294 g/mol. The third kappa shape index (κ3) is 6.93. The molecule has 0 aromatic heterocycles. The van der Waals surface area contributed by atoms with Crippen molar-refractivity contribution in [3.05, 3.63) is 29.8 Å². The highest BCUT2D eigenvalue weighted by atomic mass is 16.5. The van der Waals surface area contributed by atoms with Gasteiger partial charge in [0.1, 0.15) is 5.75 Å². The van der Waals surface area contributed by atoms with E-state index in [1.165, 1.54) is 5.56 Å². The molecule has 0 aliphatic rings. The van der Waals surface area contributed by atoms with Crippen molar-refractivity contribution >= 4 is 0 Å². The Hall–Kier alpha value is -1.10. The lowest BCUT2D eigenvalue weighted by Crippen LogP contribution is -2.32. The Bertz CT molecular complexity index is 394. The summed E-state index contributed by atoms with van der Waals surface area (Å²) in [4.78, 5) is 2.22. The molecule has 0 saturated carbocycles. The van der Waals surface area contributed by atoms with E-state index in [1.54, 1.807) is 7.11 Å². The summed E-state index contributed by atoms with van der Waals surface area (Å²) < 4.78 is 10.9. The van der Waals surface area contributed by atoms with Gasteiger partial charge in [0.25, 0.3) is 0 Å². The number of methoxy groups -OCH3 is 1. The van der Waals surface area contributed by atoms with Gasteiger partial charge < -0.3 is 19.7 Å². The highest BCUT2D eigenvalue weighted by Gasteiger charge is 2.14. The third-order valence-corrected chi connectivity index (χ3v) is 3.31. The first-order valence-corrected chi connectivity index (χ1v) is 7.63. The minimum atomic E-state index is 0.324. The zero-order chi connectivity index (χ0) is 15.7. The van der Waals surface area contributed by atoms with E-state index in [0.29, 0.717) is 12.0 Å². The van der Waals surface area contributed by atoms with Gasteiger partial charge in [-0.05, 0) is 37.7 Å². The summed E-state index contributed by atoms with van der Waals surface area (Å²) in [6.07, 6.45) is 0. The molecule has 120 valence electrons. The first-order chi connectivity index (χ1) is 10.0. The molecule has 4 heteroatoms. The Kier molecular flexibility index (Phi) is 8.35. The molecule has 1 unspecified atom stereocenters. The van der Waals surface area contributed by atoms with E-state index in [9.17, 15) is 0 Å². The van der Waals surface area contributed by atoms with Crippen molar-refractivity contribution in [2.75, 3.05) is 47.5 Å². The predicted molar refractivity (Wildman–Crippen MR) is 87.9 cm³/mol. The van der Waals surface area contributed by atoms with Crippen molar-refractivity contribution in [2.24, 2.45) is 5.92 Å². The highest BCUT2D eigenvalue weighted by Crippen LogP contribution is 2.21. The van der Waals surface area contributed by atoms with Crippen molar-refractivity contribution in [3.63, 3.8) is 0 Å². The van der Waals surface area contributed by atoms with Crippen LogP contribution in [0.3, 0.4) is 0 Å². The lowest BCUT2D eigenvalue weighted by atomic mass is 10.1. The van der Waals surface area contributed by atoms with Crippen molar-refractivity contribution < 1.29 is 9.47 Å². The second kappa shape index (κ2) is 9.77. The van der Waals surface area contributed by atoms with Gasteiger partial charge >= 0.3 is 0 Å². The Morgan fingerprint density at radius 1 is 1.24 bits per heavy atom. The molecule has 1 N–H and O–H groups in total. The van der Waals surface area contributed by atoms with E-state index in [0.717, 1.165) is 32.1 Å². The zero-order valence-corrected chi connectivity index (χ0v) is 14.1. The number of hydrogen-bond acceptors (Lipinski definition) is 4. The standard InChI is InChI=1S/C17H30N2O2/c1-14(2)13-21-10-9-18-12-17(19(3)4)15-7-6-8-16(11-15)20-5/h6-8,11,14,17-18H,9-10,12-13H2,1-5H3. The summed E-state index contributed by atoms with van der Waals surface area (Å²) in [5, 5.41) is 3.47. The molecule has 0 saturated heterocycles. The number of nitrogens with zero attached hydrogens (tertiary/aromatic N) is 1. The van der Waals surface area contributed by atoms with Crippen LogP contribution in [-0.4, -0.2) is 52.4 Å².